The molecule has 6 nitrogen and oxygen atoms in total. The van der Waals surface area contributed by atoms with Crippen LogP contribution in [0.1, 0.15) is 84.0 Å². The molecule has 3 heterocycles. The van der Waals surface area contributed by atoms with E-state index in [1.165, 1.54) is 0 Å². The first-order valence-electron chi connectivity index (χ1n) is 14.2. The number of hydrogen-bond donors (Lipinski definition) is 1. The quantitative estimate of drug-likeness (QED) is 0.380. The van der Waals surface area contributed by atoms with E-state index in [1.54, 1.807) is 0 Å². The third kappa shape index (κ3) is 5.11. The van der Waals surface area contributed by atoms with E-state index in [4.69, 9.17) is 13.7 Å². The molecule has 0 radical (unpaired) electrons. The Morgan fingerprint density at radius 1 is 0.949 bits per heavy atom. The Morgan fingerprint density at radius 3 is 2.21 bits per heavy atom. The molecule has 0 saturated carbocycles. The van der Waals surface area contributed by atoms with E-state index in [2.05, 4.69) is 70.8 Å². The molecule has 3 aromatic rings. The summed E-state index contributed by atoms with van der Waals surface area (Å²) in [5.41, 5.74) is 4.73. The van der Waals surface area contributed by atoms with Crippen LogP contribution in [0.3, 0.4) is 0 Å². The lowest BCUT2D eigenvalue weighted by Crippen LogP contribution is -2.41. The van der Waals surface area contributed by atoms with Gasteiger partial charge in [-0.05, 0) is 84.4 Å². The highest BCUT2D eigenvalue weighted by Gasteiger charge is 2.52. The molecule has 2 fully saturated rings. The van der Waals surface area contributed by atoms with Gasteiger partial charge in [0, 0.05) is 29.8 Å². The smallest absolute Gasteiger partial charge is 0.440 e. The fourth-order valence-electron chi connectivity index (χ4n) is 5.61. The zero-order valence-electron chi connectivity index (χ0n) is 25.0. The Kier molecular flexibility index (Phi) is 6.91. The Bertz CT molecular complexity index is 1430. The van der Waals surface area contributed by atoms with Crippen LogP contribution in [0.4, 0.5) is 11.6 Å². The van der Waals surface area contributed by atoms with Crippen molar-refractivity contribution in [1.82, 2.24) is 0 Å². The van der Waals surface area contributed by atoms with E-state index in [0.29, 0.717) is 27.8 Å². The molecule has 0 amide bonds. The van der Waals surface area contributed by atoms with Crippen LogP contribution in [0.2, 0.25) is 0 Å². The van der Waals surface area contributed by atoms with Gasteiger partial charge in [0.15, 0.2) is 5.43 Å². The van der Waals surface area contributed by atoms with Crippen molar-refractivity contribution < 1.29 is 13.7 Å². The van der Waals surface area contributed by atoms with Crippen molar-refractivity contribution in [1.29, 1.82) is 0 Å². The number of para-hydroxylation sites is 1. The molecular weight excluding hydrogens is 487 g/mol. The van der Waals surface area contributed by atoms with Gasteiger partial charge in [0.2, 0.25) is 5.88 Å². The molecule has 2 aromatic carbocycles. The van der Waals surface area contributed by atoms with Crippen molar-refractivity contribution in [2.24, 2.45) is 5.41 Å². The topological polar surface area (TPSA) is 63.9 Å². The maximum absolute atomic E-state index is 13.6. The summed E-state index contributed by atoms with van der Waals surface area (Å²) >= 11 is 0. The van der Waals surface area contributed by atoms with E-state index in [1.807, 2.05) is 38.1 Å². The van der Waals surface area contributed by atoms with Crippen molar-refractivity contribution in [3.63, 3.8) is 0 Å². The Morgan fingerprint density at radius 2 is 1.56 bits per heavy atom. The van der Waals surface area contributed by atoms with Crippen LogP contribution in [0.25, 0.3) is 11.0 Å². The maximum atomic E-state index is 13.6. The van der Waals surface area contributed by atoms with E-state index < -0.39 is 18.3 Å². The zero-order valence-corrected chi connectivity index (χ0v) is 25.0. The summed E-state index contributed by atoms with van der Waals surface area (Å²) in [6.45, 7) is 20.7. The molecule has 1 aromatic heterocycles. The van der Waals surface area contributed by atoms with Crippen molar-refractivity contribution in [2.75, 3.05) is 23.3 Å². The number of rotatable bonds is 5. The van der Waals surface area contributed by atoms with Gasteiger partial charge in [0.1, 0.15) is 5.58 Å². The van der Waals surface area contributed by atoms with Crippen molar-refractivity contribution in [3.05, 3.63) is 63.3 Å². The highest BCUT2D eigenvalue weighted by atomic mass is 16.7. The predicted molar refractivity (Wildman–Crippen MR) is 161 cm³/mol. The third-order valence-electron chi connectivity index (χ3n) is 9.08. The number of fused-ring (bicyclic) bond motifs is 1. The fourth-order valence-corrected chi connectivity index (χ4v) is 5.61. The van der Waals surface area contributed by atoms with Gasteiger partial charge < -0.3 is 23.9 Å². The fraction of sp³-hybridized carbons (Fsp3) is 0.531. The Hall–Kier alpha value is -2.77. The monoisotopic (exact) mass is 530 g/mol. The largest absolute Gasteiger partial charge is 0.496 e. The summed E-state index contributed by atoms with van der Waals surface area (Å²) in [6.07, 6.45) is 2.14. The minimum atomic E-state index is -0.476. The molecular formula is C32H43BN2O4. The molecule has 5 rings (SSSR count). The average molecular weight is 531 g/mol. The number of nitrogens with zero attached hydrogens (tertiary/aromatic N) is 1. The molecule has 0 bridgehead atoms. The summed E-state index contributed by atoms with van der Waals surface area (Å²) in [6, 6.07) is 12.1. The molecule has 2 saturated heterocycles. The van der Waals surface area contributed by atoms with Gasteiger partial charge in [-0.3, -0.25) is 4.79 Å². The van der Waals surface area contributed by atoms with E-state index >= 15 is 0 Å². The van der Waals surface area contributed by atoms with Crippen LogP contribution >= 0.6 is 0 Å². The Labute approximate surface area is 233 Å². The second-order valence-corrected chi connectivity index (χ2v) is 13.3. The van der Waals surface area contributed by atoms with Crippen molar-refractivity contribution >= 4 is 35.1 Å². The van der Waals surface area contributed by atoms with Gasteiger partial charge in [-0.1, -0.05) is 38.1 Å². The van der Waals surface area contributed by atoms with Gasteiger partial charge in [-0.15, -0.1) is 0 Å². The van der Waals surface area contributed by atoms with Gasteiger partial charge in [-0.25, -0.2) is 0 Å². The number of hydrogen-bond acceptors (Lipinski definition) is 6. The highest BCUT2D eigenvalue weighted by molar-refractivity contribution is 6.64. The minimum absolute atomic E-state index is 0.0471. The predicted octanol–water partition coefficient (Wildman–Crippen LogP) is 6.51. The van der Waals surface area contributed by atoms with Gasteiger partial charge in [0.05, 0.1) is 28.2 Å². The zero-order chi connectivity index (χ0) is 28.3. The summed E-state index contributed by atoms with van der Waals surface area (Å²) in [5, 5.41) is 4.32. The van der Waals surface area contributed by atoms with E-state index in [9.17, 15) is 4.79 Å². The molecule has 208 valence electrons. The molecule has 2 aliphatic heterocycles. The standard InChI is InChI=1S/C32H43BN2O4/c1-20-18-23(22(3)34-26-13-11-10-12-25(26)33-38-31(6,7)32(8,9)39-33)28-24(19-20)27(36)21(2)29(37-28)35-16-14-30(4,5)15-17-35/h10-13,18-19,22,34H,14-17H2,1-9H3. The summed E-state index contributed by atoms with van der Waals surface area (Å²) in [4.78, 5) is 15.9. The molecule has 1 N–H and O–H groups in total. The number of piperidine rings is 1. The number of aryl methyl sites for hydroxylation is 1. The molecule has 39 heavy (non-hydrogen) atoms. The van der Waals surface area contributed by atoms with E-state index in [0.717, 1.165) is 48.2 Å². The van der Waals surface area contributed by atoms with Crippen LogP contribution < -0.4 is 21.1 Å². The molecule has 1 atom stereocenters. The number of benzene rings is 2. The van der Waals surface area contributed by atoms with Crippen LogP contribution in [0, 0.1) is 19.3 Å². The Balaban J connectivity index is 1.52. The maximum Gasteiger partial charge on any atom is 0.496 e. The number of nitrogens with one attached hydrogen (secondary N) is 1. The number of anilines is 2. The van der Waals surface area contributed by atoms with Crippen molar-refractivity contribution in [2.45, 2.75) is 92.4 Å². The van der Waals surface area contributed by atoms with Gasteiger partial charge >= 0.3 is 7.12 Å². The lowest BCUT2D eigenvalue weighted by molar-refractivity contribution is 0.00578. The van der Waals surface area contributed by atoms with Gasteiger partial charge in [0.25, 0.3) is 0 Å². The normalized spacial score (nSPS) is 20.8. The van der Waals surface area contributed by atoms with Crippen LogP contribution in [-0.4, -0.2) is 31.4 Å². The first kappa shape index (κ1) is 27.8. The summed E-state index contributed by atoms with van der Waals surface area (Å²) in [5.74, 6) is 0.706. The third-order valence-corrected chi connectivity index (χ3v) is 9.08. The lowest BCUT2D eigenvalue weighted by atomic mass is 9.77. The van der Waals surface area contributed by atoms with Crippen molar-refractivity contribution in [3.8, 4) is 0 Å². The second kappa shape index (κ2) is 9.70. The first-order chi connectivity index (χ1) is 18.2. The van der Waals surface area contributed by atoms with Crippen LogP contribution in [-0.2, 0) is 9.31 Å². The molecule has 2 aliphatic rings. The first-order valence-corrected chi connectivity index (χ1v) is 14.2. The summed E-state index contributed by atoms with van der Waals surface area (Å²) in [7, 11) is -0.476. The highest BCUT2D eigenvalue weighted by Crippen LogP contribution is 2.38. The molecule has 7 heteroatoms. The van der Waals surface area contributed by atoms with Crippen LogP contribution in [0.5, 0.6) is 0 Å². The second-order valence-electron chi connectivity index (χ2n) is 13.3. The molecule has 0 spiro atoms. The molecule has 1 unspecified atom stereocenters. The van der Waals surface area contributed by atoms with E-state index in [-0.39, 0.29) is 11.5 Å². The van der Waals surface area contributed by atoms with Crippen LogP contribution in [0.15, 0.2) is 45.6 Å². The van der Waals surface area contributed by atoms with Gasteiger partial charge in [-0.2, -0.15) is 0 Å². The molecule has 0 aliphatic carbocycles. The average Bonchev–Trinajstić information content (AvgIpc) is 3.08. The summed E-state index contributed by atoms with van der Waals surface area (Å²) < 4.78 is 19.4. The SMILES string of the molecule is Cc1cc(C(C)Nc2ccccc2B2OC(C)(C)C(C)(C)O2)c2oc(N3CCC(C)(C)CC3)c(C)c(=O)c2c1. The minimum Gasteiger partial charge on any atom is -0.440 e. The lowest BCUT2D eigenvalue weighted by Gasteiger charge is -2.37.